The van der Waals surface area contributed by atoms with Crippen LogP contribution in [0.3, 0.4) is 0 Å². The molecule has 0 saturated carbocycles. The van der Waals surface area contributed by atoms with E-state index in [4.69, 9.17) is 0 Å². The zero-order valence-corrected chi connectivity index (χ0v) is 10.4. The fraction of sp³-hybridized carbons (Fsp3) is 0.357. The van der Waals surface area contributed by atoms with E-state index < -0.39 is 6.61 Å². The number of rotatable bonds is 4. The van der Waals surface area contributed by atoms with Gasteiger partial charge in [-0.1, -0.05) is 12.6 Å². The first-order valence-corrected chi connectivity index (χ1v) is 6.10. The number of amides is 1. The third-order valence-electron chi connectivity index (χ3n) is 3.16. The van der Waals surface area contributed by atoms with E-state index >= 15 is 0 Å². The molecule has 0 fully saturated rings. The van der Waals surface area contributed by atoms with Gasteiger partial charge in [0.15, 0.2) is 0 Å². The molecule has 19 heavy (non-hydrogen) atoms. The fourth-order valence-electron chi connectivity index (χ4n) is 2.35. The quantitative estimate of drug-likeness (QED) is 0.852. The zero-order valence-electron chi connectivity index (χ0n) is 10.4. The number of hydrogen-bond acceptors (Lipinski definition) is 2. The van der Waals surface area contributed by atoms with Crippen LogP contribution in [0.5, 0.6) is 5.75 Å². The van der Waals surface area contributed by atoms with E-state index in [1.165, 1.54) is 12.1 Å². The van der Waals surface area contributed by atoms with Crippen molar-refractivity contribution in [1.82, 2.24) is 5.32 Å². The molecule has 0 heterocycles. The normalized spacial score (nSPS) is 17.7. The molecule has 1 amide bonds. The van der Waals surface area contributed by atoms with Crippen molar-refractivity contribution in [2.75, 3.05) is 0 Å². The van der Waals surface area contributed by atoms with Crippen molar-refractivity contribution in [3.8, 4) is 5.75 Å². The number of carbonyl (C=O) groups is 1. The van der Waals surface area contributed by atoms with Gasteiger partial charge in [0.1, 0.15) is 5.75 Å². The van der Waals surface area contributed by atoms with Gasteiger partial charge in [-0.05, 0) is 48.6 Å². The van der Waals surface area contributed by atoms with Gasteiger partial charge in [-0.2, -0.15) is 8.78 Å². The first kappa shape index (κ1) is 13.5. The maximum Gasteiger partial charge on any atom is 0.387 e. The highest BCUT2D eigenvalue weighted by molar-refractivity contribution is 5.87. The van der Waals surface area contributed by atoms with E-state index in [1.54, 1.807) is 12.1 Å². The van der Waals surface area contributed by atoms with Crippen LogP contribution in [0.4, 0.5) is 8.78 Å². The largest absolute Gasteiger partial charge is 0.435 e. The predicted molar refractivity (Wildman–Crippen MR) is 67.1 cm³/mol. The number of nitrogens with one attached hydrogen (secondary N) is 1. The van der Waals surface area contributed by atoms with Crippen LogP contribution < -0.4 is 10.1 Å². The Kier molecular flexibility index (Phi) is 4.14. The highest BCUT2D eigenvalue weighted by atomic mass is 19.3. The van der Waals surface area contributed by atoms with E-state index in [0.29, 0.717) is 0 Å². The van der Waals surface area contributed by atoms with Crippen molar-refractivity contribution in [2.45, 2.75) is 31.9 Å². The van der Waals surface area contributed by atoms with Gasteiger partial charge in [-0.15, -0.1) is 0 Å². The second-order valence-corrected chi connectivity index (χ2v) is 4.40. The maximum atomic E-state index is 12.2. The number of alkyl halides is 2. The molecule has 0 spiro atoms. The van der Waals surface area contributed by atoms with E-state index in [1.807, 2.05) is 0 Å². The van der Waals surface area contributed by atoms with Crippen molar-refractivity contribution in [1.29, 1.82) is 0 Å². The van der Waals surface area contributed by atoms with Crippen molar-refractivity contribution in [3.05, 3.63) is 42.0 Å². The van der Waals surface area contributed by atoms with Crippen LogP contribution in [0.15, 0.2) is 30.9 Å². The highest BCUT2D eigenvalue weighted by Gasteiger charge is 2.21. The Morgan fingerprint density at radius 1 is 1.53 bits per heavy atom. The summed E-state index contributed by atoms with van der Waals surface area (Å²) in [5.74, 6) is -0.0739. The molecule has 1 N–H and O–H groups in total. The number of hydrogen-bond donors (Lipinski definition) is 1. The molecular weight excluding hydrogens is 252 g/mol. The average molecular weight is 267 g/mol. The average Bonchev–Trinajstić information content (AvgIpc) is 2.38. The van der Waals surface area contributed by atoms with Crippen molar-refractivity contribution in [2.24, 2.45) is 0 Å². The number of fused-ring (bicyclic) bond motifs is 1. The molecule has 0 radical (unpaired) electrons. The Bertz CT molecular complexity index is 488. The van der Waals surface area contributed by atoms with E-state index in [9.17, 15) is 13.6 Å². The Balaban J connectivity index is 2.20. The summed E-state index contributed by atoms with van der Waals surface area (Å²) in [6.45, 7) is 0.592. The summed E-state index contributed by atoms with van der Waals surface area (Å²) < 4.78 is 28.7. The van der Waals surface area contributed by atoms with Crippen LogP contribution in [0.25, 0.3) is 0 Å². The van der Waals surface area contributed by atoms with Crippen LogP contribution in [0.2, 0.25) is 0 Å². The van der Waals surface area contributed by atoms with Crippen molar-refractivity contribution < 1.29 is 18.3 Å². The molecule has 2 rings (SSSR count). The topological polar surface area (TPSA) is 38.3 Å². The molecule has 0 aromatic heterocycles. The van der Waals surface area contributed by atoms with Gasteiger partial charge >= 0.3 is 6.61 Å². The number of benzene rings is 1. The van der Waals surface area contributed by atoms with E-state index in [-0.39, 0.29) is 17.7 Å². The second-order valence-electron chi connectivity index (χ2n) is 4.40. The molecule has 1 aromatic rings. The van der Waals surface area contributed by atoms with E-state index in [2.05, 4.69) is 16.6 Å². The molecule has 1 atom stereocenters. The zero-order chi connectivity index (χ0) is 13.8. The SMILES string of the molecule is C=CC(=O)NC1CCCc2cc(OC(F)F)ccc21. The lowest BCUT2D eigenvalue weighted by molar-refractivity contribution is -0.117. The Hall–Kier alpha value is -1.91. The molecule has 5 heteroatoms. The summed E-state index contributed by atoms with van der Waals surface area (Å²) in [5, 5.41) is 2.84. The molecule has 1 aromatic carbocycles. The highest BCUT2D eigenvalue weighted by Crippen LogP contribution is 2.32. The fourth-order valence-corrected chi connectivity index (χ4v) is 2.35. The standard InChI is InChI=1S/C14H15F2NO2/c1-2-13(18)17-12-5-3-4-9-8-10(19-14(15)16)6-7-11(9)12/h2,6-8,12,14H,1,3-5H2,(H,17,18). The number of carbonyl (C=O) groups excluding carboxylic acids is 1. The molecule has 1 unspecified atom stereocenters. The summed E-state index contributed by atoms with van der Waals surface area (Å²) in [4.78, 5) is 11.3. The minimum Gasteiger partial charge on any atom is -0.435 e. The number of ether oxygens (including phenoxy) is 1. The molecule has 0 saturated heterocycles. The Morgan fingerprint density at radius 3 is 3.00 bits per heavy atom. The summed E-state index contributed by atoms with van der Waals surface area (Å²) in [5.41, 5.74) is 1.90. The lowest BCUT2D eigenvalue weighted by atomic mass is 9.87. The third-order valence-corrected chi connectivity index (χ3v) is 3.16. The van der Waals surface area contributed by atoms with Crippen LogP contribution >= 0.6 is 0 Å². The summed E-state index contributed by atoms with van der Waals surface area (Å²) in [7, 11) is 0. The van der Waals surface area contributed by atoms with Crippen LogP contribution in [-0.2, 0) is 11.2 Å². The summed E-state index contributed by atoms with van der Waals surface area (Å²) in [6.07, 6.45) is 3.76. The second kappa shape index (κ2) is 5.82. The first-order chi connectivity index (χ1) is 9.10. The molecule has 0 aliphatic heterocycles. The molecule has 1 aliphatic rings. The van der Waals surface area contributed by atoms with Crippen LogP contribution in [-0.4, -0.2) is 12.5 Å². The van der Waals surface area contributed by atoms with E-state index in [0.717, 1.165) is 30.4 Å². The molecule has 1 aliphatic carbocycles. The third kappa shape index (κ3) is 3.30. The maximum absolute atomic E-state index is 12.2. The molecule has 3 nitrogen and oxygen atoms in total. The van der Waals surface area contributed by atoms with Crippen LogP contribution in [0, 0.1) is 0 Å². The van der Waals surface area contributed by atoms with Gasteiger partial charge in [-0.3, -0.25) is 4.79 Å². The van der Waals surface area contributed by atoms with Gasteiger partial charge in [0.05, 0.1) is 6.04 Å². The van der Waals surface area contributed by atoms with Gasteiger partial charge < -0.3 is 10.1 Å². The Labute approximate surface area is 110 Å². The lowest BCUT2D eigenvalue weighted by Crippen LogP contribution is -2.29. The minimum absolute atomic E-state index is 0.0881. The van der Waals surface area contributed by atoms with Gasteiger partial charge in [-0.25, -0.2) is 0 Å². The minimum atomic E-state index is -2.82. The van der Waals surface area contributed by atoms with Crippen LogP contribution in [0.1, 0.15) is 30.0 Å². The smallest absolute Gasteiger partial charge is 0.387 e. The van der Waals surface area contributed by atoms with Crippen molar-refractivity contribution in [3.63, 3.8) is 0 Å². The monoisotopic (exact) mass is 267 g/mol. The Morgan fingerprint density at radius 2 is 2.32 bits per heavy atom. The number of aryl methyl sites for hydroxylation is 1. The predicted octanol–water partition coefficient (Wildman–Crippen LogP) is 2.97. The van der Waals surface area contributed by atoms with Gasteiger partial charge in [0.2, 0.25) is 5.91 Å². The van der Waals surface area contributed by atoms with Crippen molar-refractivity contribution >= 4 is 5.91 Å². The molecular formula is C14H15F2NO2. The van der Waals surface area contributed by atoms with Gasteiger partial charge in [0.25, 0.3) is 0 Å². The summed E-state index contributed by atoms with van der Waals surface area (Å²) in [6, 6.07) is 4.77. The summed E-state index contributed by atoms with van der Waals surface area (Å²) >= 11 is 0. The lowest BCUT2D eigenvalue weighted by Gasteiger charge is -2.26. The first-order valence-electron chi connectivity index (χ1n) is 6.10. The molecule has 102 valence electrons. The number of halogens is 2. The van der Waals surface area contributed by atoms with Gasteiger partial charge in [0, 0.05) is 0 Å². The molecule has 0 bridgehead atoms.